The number of fused-ring (bicyclic) bond motifs is 3. The number of carbonyl (C=O) groups is 1. The van der Waals surface area contributed by atoms with E-state index in [2.05, 4.69) is 29.4 Å². The van der Waals surface area contributed by atoms with E-state index < -0.39 is 0 Å². The van der Waals surface area contributed by atoms with Crippen molar-refractivity contribution >= 4 is 34.3 Å². The van der Waals surface area contributed by atoms with Crippen LogP contribution in [-0.2, 0) is 11.3 Å². The van der Waals surface area contributed by atoms with Crippen molar-refractivity contribution in [3.8, 4) is 5.75 Å². The third-order valence-corrected chi connectivity index (χ3v) is 6.84. The predicted octanol–water partition coefficient (Wildman–Crippen LogP) is 4.13. The number of aromatic nitrogens is 4. The highest BCUT2D eigenvalue weighted by atomic mass is 32.2. The highest BCUT2D eigenvalue weighted by Gasteiger charge is 2.19. The summed E-state index contributed by atoms with van der Waals surface area (Å²) >= 11 is 1.31. The van der Waals surface area contributed by atoms with Gasteiger partial charge in [-0.3, -0.25) is 18.6 Å². The molecular weight excluding hydrogens is 462 g/mol. The van der Waals surface area contributed by atoms with Crippen LogP contribution in [0.1, 0.15) is 39.2 Å². The molecule has 1 atom stereocenters. The van der Waals surface area contributed by atoms with E-state index in [0.29, 0.717) is 33.5 Å². The van der Waals surface area contributed by atoms with Crippen LogP contribution >= 0.6 is 11.8 Å². The summed E-state index contributed by atoms with van der Waals surface area (Å²) in [5.41, 5.74) is 1.42. The van der Waals surface area contributed by atoms with Crippen LogP contribution in [0.15, 0.2) is 58.5 Å². The van der Waals surface area contributed by atoms with Crippen LogP contribution in [0.5, 0.6) is 5.75 Å². The molecular formula is C26H31N5O3S. The number of rotatable bonds is 10. The zero-order chi connectivity index (χ0) is 24.9. The second-order valence-electron chi connectivity index (χ2n) is 9.07. The number of hydrogen-bond acceptors (Lipinski definition) is 6. The topological polar surface area (TPSA) is 90.5 Å². The van der Waals surface area contributed by atoms with Crippen molar-refractivity contribution in [2.75, 3.05) is 12.9 Å². The largest absolute Gasteiger partial charge is 0.496 e. The van der Waals surface area contributed by atoms with Gasteiger partial charge in [0, 0.05) is 11.6 Å². The summed E-state index contributed by atoms with van der Waals surface area (Å²) in [6, 6.07) is 15.1. The van der Waals surface area contributed by atoms with Crippen molar-refractivity contribution in [3.63, 3.8) is 0 Å². The van der Waals surface area contributed by atoms with Crippen molar-refractivity contribution in [3.05, 3.63) is 64.4 Å². The molecule has 4 aromatic rings. The quantitative estimate of drug-likeness (QED) is 0.334. The number of nitrogens with one attached hydrogen (secondary N) is 1. The molecule has 0 bridgehead atoms. The van der Waals surface area contributed by atoms with Crippen LogP contribution in [0.3, 0.4) is 0 Å². The van der Waals surface area contributed by atoms with Crippen LogP contribution in [0.2, 0.25) is 0 Å². The van der Waals surface area contributed by atoms with Gasteiger partial charge in [0.1, 0.15) is 5.75 Å². The Balaban J connectivity index is 1.66. The maximum absolute atomic E-state index is 13.4. The number of ether oxygens (including phenoxy) is 1. The first kappa shape index (κ1) is 24.8. The number of thioether (sulfide) groups is 1. The van der Waals surface area contributed by atoms with E-state index in [1.165, 1.54) is 11.8 Å². The molecule has 0 spiro atoms. The molecule has 1 amide bonds. The summed E-state index contributed by atoms with van der Waals surface area (Å²) in [5, 5.41) is 12.9. The van der Waals surface area contributed by atoms with Gasteiger partial charge >= 0.3 is 0 Å². The Bertz CT molecular complexity index is 1400. The van der Waals surface area contributed by atoms with E-state index in [0.717, 1.165) is 18.4 Å². The molecule has 2 heterocycles. The number of carbonyl (C=O) groups excluding carboxylic acids is 1. The van der Waals surface area contributed by atoms with Gasteiger partial charge in [-0.05, 0) is 43.9 Å². The molecule has 35 heavy (non-hydrogen) atoms. The van der Waals surface area contributed by atoms with Crippen molar-refractivity contribution in [1.29, 1.82) is 0 Å². The fourth-order valence-electron chi connectivity index (χ4n) is 4.08. The number of hydrogen-bond donors (Lipinski definition) is 1. The van der Waals surface area contributed by atoms with Gasteiger partial charge < -0.3 is 10.1 Å². The molecule has 9 heteroatoms. The fourth-order valence-corrected chi connectivity index (χ4v) is 4.83. The molecule has 0 aliphatic carbocycles. The molecule has 4 rings (SSSR count). The molecule has 2 aromatic carbocycles. The number of amides is 1. The number of benzene rings is 2. The Hall–Kier alpha value is -3.33. The summed E-state index contributed by atoms with van der Waals surface area (Å²) in [6.45, 7) is 6.67. The van der Waals surface area contributed by atoms with Crippen LogP contribution in [0.25, 0.3) is 16.7 Å². The van der Waals surface area contributed by atoms with Gasteiger partial charge in [0.2, 0.25) is 11.7 Å². The highest BCUT2D eigenvalue weighted by molar-refractivity contribution is 7.99. The third-order valence-electron chi connectivity index (χ3n) is 5.92. The minimum atomic E-state index is -0.153. The monoisotopic (exact) mass is 493 g/mol. The smallest absolute Gasteiger partial charge is 0.263 e. The maximum Gasteiger partial charge on any atom is 0.263 e. The lowest BCUT2D eigenvalue weighted by Crippen LogP contribution is -2.34. The molecule has 0 radical (unpaired) electrons. The summed E-state index contributed by atoms with van der Waals surface area (Å²) < 4.78 is 8.94. The Morgan fingerprint density at radius 2 is 1.80 bits per heavy atom. The highest BCUT2D eigenvalue weighted by Crippen LogP contribution is 2.24. The normalized spacial score (nSPS) is 12.4. The Kier molecular flexibility index (Phi) is 7.75. The maximum atomic E-state index is 13.4. The van der Waals surface area contributed by atoms with Gasteiger partial charge in [-0.25, -0.2) is 0 Å². The Morgan fingerprint density at radius 1 is 1.06 bits per heavy atom. The lowest BCUT2D eigenvalue weighted by Gasteiger charge is -2.15. The minimum absolute atomic E-state index is 0.0466. The molecule has 0 saturated heterocycles. The molecule has 2 aromatic heterocycles. The number of para-hydroxylation sites is 2. The van der Waals surface area contributed by atoms with Crippen molar-refractivity contribution in [1.82, 2.24) is 24.5 Å². The zero-order valence-corrected chi connectivity index (χ0v) is 21.3. The van der Waals surface area contributed by atoms with E-state index >= 15 is 0 Å². The molecule has 0 saturated carbocycles. The summed E-state index contributed by atoms with van der Waals surface area (Å²) in [6.07, 6.45) is 2.01. The molecule has 1 unspecified atom stereocenters. The average Bonchev–Trinajstić information content (AvgIpc) is 3.28. The molecule has 0 aliphatic heterocycles. The Labute approximate surface area is 208 Å². The lowest BCUT2D eigenvalue weighted by molar-refractivity contribution is -0.119. The number of nitrogens with zero attached hydrogens (tertiary/aromatic N) is 4. The van der Waals surface area contributed by atoms with Gasteiger partial charge in [0.05, 0.1) is 30.3 Å². The van der Waals surface area contributed by atoms with Gasteiger partial charge in [-0.1, -0.05) is 55.9 Å². The van der Waals surface area contributed by atoms with Crippen molar-refractivity contribution in [2.24, 2.45) is 5.92 Å². The van der Waals surface area contributed by atoms with Crippen LogP contribution in [-0.4, -0.2) is 44.0 Å². The third kappa shape index (κ3) is 5.51. The molecule has 1 N–H and O–H groups in total. The molecule has 184 valence electrons. The number of methoxy groups -OCH3 is 1. The SMILES string of the molecule is COc1ccccc1Cn1c(=O)c2ccccc2n2c(SCC(=O)NC(C)CCC(C)C)nnc12. The lowest BCUT2D eigenvalue weighted by atomic mass is 10.0. The molecule has 0 aliphatic rings. The zero-order valence-electron chi connectivity index (χ0n) is 20.5. The summed E-state index contributed by atoms with van der Waals surface area (Å²) in [7, 11) is 1.61. The fraction of sp³-hybridized carbons (Fsp3) is 0.385. The van der Waals surface area contributed by atoms with Crippen LogP contribution in [0.4, 0.5) is 0 Å². The van der Waals surface area contributed by atoms with E-state index in [9.17, 15) is 9.59 Å². The van der Waals surface area contributed by atoms with Crippen molar-refractivity contribution in [2.45, 2.75) is 51.4 Å². The first-order chi connectivity index (χ1) is 16.9. The van der Waals surface area contributed by atoms with Crippen molar-refractivity contribution < 1.29 is 9.53 Å². The first-order valence-electron chi connectivity index (χ1n) is 11.8. The van der Waals surface area contributed by atoms with Gasteiger partial charge in [0.25, 0.3) is 5.56 Å². The van der Waals surface area contributed by atoms with Crippen LogP contribution < -0.4 is 15.6 Å². The Morgan fingerprint density at radius 3 is 2.57 bits per heavy atom. The molecule has 8 nitrogen and oxygen atoms in total. The van der Waals surface area contributed by atoms with E-state index in [1.807, 2.05) is 53.8 Å². The molecule has 0 fully saturated rings. The summed E-state index contributed by atoms with van der Waals surface area (Å²) in [5.74, 6) is 1.89. The van der Waals surface area contributed by atoms with E-state index in [-0.39, 0.29) is 29.8 Å². The minimum Gasteiger partial charge on any atom is -0.496 e. The standard InChI is InChI=1S/C26H31N5O3S/c1-17(2)13-14-18(3)27-23(32)16-35-26-29-28-25-30(15-19-9-5-8-12-22(19)34-4)24(33)20-10-6-7-11-21(20)31(25)26/h5-12,17-18H,13-16H2,1-4H3,(H,27,32). The first-order valence-corrected chi connectivity index (χ1v) is 12.8. The summed E-state index contributed by atoms with van der Waals surface area (Å²) in [4.78, 5) is 26.0. The van der Waals surface area contributed by atoms with Crippen LogP contribution in [0, 0.1) is 5.92 Å². The average molecular weight is 494 g/mol. The van der Waals surface area contributed by atoms with Gasteiger partial charge in [-0.2, -0.15) is 0 Å². The predicted molar refractivity (Wildman–Crippen MR) is 139 cm³/mol. The van der Waals surface area contributed by atoms with E-state index in [4.69, 9.17) is 4.74 Å². The second kappa shape index (κ2) is 10.9. The van der Waals surface area contributed by atoms with Gasteiger partial charge in [-0.15, -0.1) is 10.2 Å². The second-order valence-corrected chi connectivity index (χ2v) is 10.0. The van der Waals surface area contributed by atoms with Gasteiger partial charge in [0.15, 0.2) is 5.16 Å². The van der Waals surface area contributed by atoms with E-state index in [1.54, 1.807) is 17.7 Å².